The zero-order valence-electron chi connectivity index (χ0n) is 12.1. The summed E-state index contributed by atoms with van der Waals surface area (Å²) < 4.78 is 0. The highest BCUT2D eigenvalue weighted by Crippen LogP contribution is 2.39. The predicted molar refractivity (Wildman–Crippen MR) is 85.4 cm³/mol. The average Bonchev–Trinajstić information content (AvgIpc) is 2.46. The maximum absolute atomic E-state index is 10.1. The number of hydrogen-bond donors (Lipinski definition) is 2. The molecule has 2 N–H and O–H groups in total. The van der Waals surface area contributed by atoms with E-state index >= 15 is 0 Å². The fraction of sp³-hybridized carbons (Fsp3) is 0.222. The van der Waals surface area contributed by atoms with E-state index < -0.39 is 0 Å². The van der Waals surface area contributed by atoms with Gasteiger partial charge in [-0.2, -0.15) is 0 Å². The Kier molecular flexibility index (Phi) is 4.14. The van der Waals surface area contributed by atoms with Crippen LogP contribution in [-0.2, 0) is 5.41 Å². The fourth-order valence-corrected chi connectivity index (χ4v) is 2.43. The Morgan fingerprint density at radius 1 is 1.10 bits per heavy atom. The number of anilines is 1. The van der Waals surface area contributed by atoms with E-state index in [1.54, 1.807) is 12.1 Å². The van der Waals surface area contributed by atoms with Gasteiger partial charge >= 0.3 is 0 Å². The average molecular weight is 267 g/mol. The molecule has 2 nitrogen and oxygen atoms in total. The van der Waals surface area contributed by atoms with Gasteiger partial charge in [0.25, 0.3) is 0 Å². The van der Waals surface area contributed by atoms with Gasteiger partial charge in [0, 0.05) is 12.0 Å². The number of phenolic OH excluding ortho intramolecular Hbond substituents is 1. The van der Waals surface area contributed by atoms with Crippen LogP contribution in [0.3, 0.4) is 0 Å². The van der Waals surface area contributed by atoms with Gasteiger partial charge in [0.2, 0.25) is 0 Å². The van der Waals surface area contributed by atoms with Gasteiger partial charge in [-0.25, -0.2) is 0 Å². The Bertz CT molecular complexity index is 588. The van der Waals surface area contributed by atoms with Crippen molar-refractivity contribution in [2.45, 2.75) is 19.3 Å². The van der Waals surface area contributed by atoms with Crippen LogP contribution in [0.2, 0.25) is 0 Å². The van der Waals surface area contributed by atoms with Crippen molar-refractivity contribution >= 4 is 5.69 Å². The van der Waals surface area contributed by atoms with E-state index in [2.05, 4.69) is 43.9 Å². The fourth-order valence-electron chi connectivity index (χ4n) is 2.43. The second-order valence-corrected chi connectivity index (χ2v) is 5.36. The third-order valence-electron chi connectivity index (χ3n) is 3.63. The van der Waals surface area contributed by atoms with Crippen molar-refractivity contribution in [3.8, 4) is 5.75 Å². The van der Waals surface area contributed by atoms with Crippen molar-refractivity contribution in [2.75, 3.05) is 11.9 Å². The van der Waals surface area contributed by atoms with E-state index in [1.807, 2.05) is 24.3 Å². The molecule has 2 aromatic rings. The van der Waals surface area contributed by atoms with Crippen molar-refractivity contribution in [2.24, 2.45) is 0 Å². The highest BCUT2D eigenvalue weighted by molar-refractivity contribution is 5.65. The predicted octanol–water partition coefficient (Wildman–Crippen LogP) is 4.32. The molecule has 0 unspecified atom stereocenters. The Morgan fingerprint density at radius 2 is 1.80 bits per heavy atom. The van der Waals surface area contributed by atoms with Gasteiger partial charge in [0.1, 0.15) is 5.75 Å². The van der Waals surface area contributed by atoms with Gasteiger partial charge in [-0.05, 0) is 17.2 Å². The second-order valence-electron chi connectivity index (χ2n) is 5.36. The zero-order valence-corrected chi connectivity index (χ0v) is 12.1. The summed E-state index contributed by atoms with van der Waals surface area (Å²) in [5, 5.41) is 13.4. The second kappa shape index (κ2) is 5.83. The van der Waals surface area contributed by atoms with Crippen molar-refractivity contribution in [3.05, 3.63) is 72.3 Å². The van der Waals surface area contributed by atoms with Crippen molar-refractivity contribution in [3.63, 3.8) is 0 Å². The lowest BCUT2D eigenvalue weighted by Gasteiger charge is -2.29. The van der Waals surface area contributed by atoms with Gasteiger partial charge in [0.05, 0.1) is 5.69 Å². The van der Waals surface area contributed by atoms with E-state index in [4.69, 9.17) is 0 Å². The first kappa shape index (κ1) is 14.2. The molecule has 2 aromatic carbocycles. The first-order valence-electron chi connectivity index (χ1n) is 6.80. The van der Waals surface area contributed by atoms with E-state index in [9.17, 15) is 5.11 Å². The number of para-hydroxylation sites is 1. The maximum atomic E-state index is 10.1. The summed E-state index contributed by atoms with van der Waals surface area (Å²) in [6, 6.07) is 16.0. The van der Waals surface area contributed by atoms with Gasteiger partial charge in [0.15, 0.2) is 0 Å². The zero-order chi connectivity index (χ0) is 14.6. The van der Waals surface area contributed by atoms with Crippen LogP contribution in [0.25, 0.3) is 0 Å². The molecule has 0 amide bonds. The molecule has 0 heterocycles. The molecule has 20 heavy (non-hydrogen) atoms. The lowest BCUT2D eigenvalue weighted by Crippen LogP contribution is -2.21. The minimum absolute atomic E-state index is 0.191. The molecule has 0 fully saturated rings. The van der Waals surface area contributed by atoms with E-state index in [1.165, 1.54) is 5.56 Å². The normalized spacial score (nSPS) is 11.1. The largest absolute Gasteiger partial charge is 0.506 e. The third kappa shape index (κ3) is 2.69. The molecular weight excluding hydrogens is 246 g/mol. The molecule has 0 aliphatic heterocycles. The maximum Gasteiger partial charge on any atom is 0.138 e. The summed E-state index contributed by atoms with van der Waals surface area (Å²) in [6.45, 7) is 8.66. The van der Waals surface area contributed by atoms with Crippen molar-refractivity contribution in [1.82, 2.24) is 0 Å². The minimum Gasteiger partial charge on any atom is -0.506 e. The van der Waals surface area contributed by atoms with Gasteiger partial charge < -0.3 is 10.4 Å². The summed E-state index contributed by atoms with van der Waals surface area (Å²) in [4.78, 5) is 0. The number of hydrogen-bond acceptors (Lipinski definition) is 2. The van der Waals surface area contributed by atoms with Crippen LogP contribution in [-0.4, -0.2) is 11.7 Å². The lowest BCUT2D eigenvalue weighted by molar-refractivity contribution is 0.475. The molecular formula is C18H21NO. The Balaban J connectivity index is 2.51. The van der Waals surface area contributed by atoms with E-state index in [0.29, 0.717) is 6.54 Å². The summed E-state index contributed by atoms with van der Waals surface area (Å²) in [5.74, 6) is 0.272. The van der Waals surface area contributed by atoms with Crippen molar-refractivity contribution < 1.29 is 5.11 Å². The van der Waals surface area contributed by atoms with Crippen LogP contribution in [0.5, 0.6) is 5.75 Å². The molecule has 104 valence electrons. The number of aromatic hydroxyl groups is 1. The summed E-state index contributed by atoms with van der Waals surface area (Å²) >= 11 is 0. The topological polar surface area (TPSA) is 32.3 Å². The molecule has 0 saturated heterocycles. The number of nitrogens with one attached hydrogen (secondary N) is 1. The molecule has 0 aliphatic carbocycles. The first-order chi connectivity index (χ1) is 9.57. The summed E-state index contributed by atoms with van der Waals surface area (Å²) in [6.07, 6.45) is 1.78. The van der Waals surface area contributed by atoms with Crippen LogP contribution in [0.4, 0.5) is 5.69 Å². The van der Waals surface area contributed by atoms with Crippen LogP contribution in [0, 0.1) is 0 Å². The van der Waals surface area contributed by atoms with Gasteiger partial charge in [-0.1, -0.05) is 62.4 Å². The Hall–Kier alpha value is -2.22. The van der Waals surface area contributed by atoms with Gasteiger partial charge in [-0.15, -0.1) is 6.58 Å². The molecule has 0 saturated carbocycles. The minimum atomic E-state index is -0.191. The molecule has 2 rings (SSSR count). The SMILES string of the molecule is C=CCNc1c(O)cccc1C(C)(C)c1ccccc1. The smallest absolute Gasteiger partial charge is 0.138 e. The molecule has 0 aliphatic rings. The highest BCUT2D eigenvalue weighted by atomic mass is 16.3. The molecule has 2 heteroatoms. The van der Waals surface area contributed by atoms with E-state index in [0.717, 1.165) is 11.3 Å². The Morgan fingerprint density at radius 3 is 2.45 bits per heavy atom. The Labute approximate surface area is 120 Å². The van der Waals surface area contributed by atoms with Crippen LogP contribution in [0.1, 0.15) is 25.0 Å². The van der Waals surface area contributed by atoms with Gasteiger partial charge in [-0.3, -0.25) is 0 Å². The standard InChI is InChI=1S/C18H21NO/c1-4-13-19-17-15(11-8-12-16(17)20)18(2,3)14-9-6-5-7-10-14/h4-12,19-20H,1,13H2,2-3H3. The first-order valence-corrected chi connectivity index (χ1v) is 6.80. The van der Waals surface area contributed by atoms with E-state index in [-0.39, 0.29) is 11.2 Å². The molecule has 0 radical (unpaired) electrons. The molecule has 0 atom stereocenters. The van der Waals surface area contributed by atoms with Crippen LogP contribution < -0.4 is 5.32 Å². The number of phenols is 1. The number of rotatable bonds is 5. The quantitative estimate of drug-likeness (QED) is 0.624. The summed E-state index contributed by atoms with van der Waals surface area (Å²) in [5.41, 5.74) is 2.88. The third-order valence-corrected chi connectivity index (χ3v) is 3.63. The molecule has 0 spiro atoms. The molecule has 0 aromatic heterocycles. The monoisotopic (exact) mass is 267 g/mol. The highest BCUT2D eigenvalue weighted by Gasteiger charge is 2.26. The van der Waals surface area contributed by atoms with Crippen LogP contribution in [0.15, 0.2) is 61.2 Å². The van der Waals surface area contributed by atoms with Crippen molar-refractivity contribution in [1.29, 1.82) is 0 Å². The summed E-state index contributed by atoms with van der Waals surface area (Å²) in [7, 11) is 0. The number of benzene rings is 2. The van der Waals surface area contributed by atoms with Crippen LogP contribution >= 0.6 is 0 Å². The molecule has 0 bridgehead atoms. The lowest BCUT2D eigenvalue weighted by atomic mass is 9.77.